The lowest BCUT2D eigenvalue weighted by molar-refractivity contribution is -0.137. The number of thioether (sulfide) groups is 1. The van der Waals surface area contributed by atoms with Crippen molar-refractivity contribution in [3.63, 3.8) is 0 Å². The van der Waals surface area contributed by atoms with Gasteiger partial charge in [0.25, 0.3) is 5.91 Å². The molecule has 2 heterocycles. The van der Waals surface area contributed by atoms with Crippen molar-refractivity contribution >= 4 is 57.2 Å². The third-order valence-corrected chi connectivity index (χ3v) is 4.99. The predicted octanol–water partition coefficient (Wildman–Crippen LogP) is 3.30. The predicted molar refractivity (Wildman–Crippen MR) is 98.5 cm³/mol. The van der Waals surface area contributed by atoms with E-state index in [-0.39, 0.29) is 12.3 Å². The highest BCUT2D eigenvalue weighted by Gasteiger charge is 2.31. The number of carboxylic acid groups (broad SMARTS) is 1. The summed E-state index contributed by atoms with van der Waals surface area (Å²) in [6.07, 6.45) is 3.93. The Morgan fingerprint density at radius 3 is 2.92 bits per heavy atom. The number of carboxylic acids is 1. The monoisotopic (exact) mass is 358 g/mol. The van der Waals surface area contributed by atoms with Crippen LogP contribution in [0.5, 0.6) is 0 Å². The van der Waals surface area contributed by atoms with Crippen molar-refractivity contribution in [1.82, 2.24) is 9.88 Å². The lowest BCUT2D eigenvalue weighted by Crippen LogP contribution is -2.29. The number of fused-ring (bicyclic) bond motifs is 1. The van der Waals surface area contributed by atoms with Crippen LogP contribution in [0.4, 0.5) is 0 Å². The first-order valence-corrected chi connectivity index (χ1v) is 8.59. The van der Waals surface area contributed by atoms with E-state index in [2.05, 4.69) is 4.98 Å². The van der Waals surface area contributed by atoms with Gasteiger partial charge in [0.15, 0.2) is 0 Å². The van der Waals surface area contributed by atoms with Gasteiger partial charge in [-0.15, -0.1) is 0 Å². The number of amides is 1. The first-order valence-electron chi connectivity index (χ1n) is 7.37. The van der Waals surface area contributed by atoms with E-state index >= 15 is 0 Å². The molecule has 0 unspecified atom stereocenters. The van der Waals surface area contributed by atoms with Crippen LogP contribution < -0.4 is 0 Å². The van der Waals surface area contributed by atoms with E-state index in [1.807, 2.05) is 36.4 Å². The molecule has 0 spiro atoms. The zero-order valence-electron chi connectivity index (χ0n) is 12.6. The van der Waals surface area contributed by atoms with E-state index in [0.29, 0.717) is 22.2 Å². The summed E-state index contributed by atoms with van der Waals surface area (Å²) in [6, 6.07) is 9.59. The van der Waals surface area contributed by atoms with E-state index in [1.165, 1.54) is 16.7 Å². The molecule has 3 rings (SSSR count). The minimum absolute atomic E-state index is 0.0189. The van der Waals surface area contributed by atoms with Crippen LogP contribution in [0.15, 0.2) is 41.4 Å². The molecule has 1 aliphatic heterocycles. The van der Waals surface area contributed by atoms with Gasteiger partial charge in [0, 0.05) is 24.5 Å². The Labute approximate surface area is 148 Å². The van der Waals surface area contributed by atoms with Gasteiger partial charge in [-0.05, 0) is 30.2 Å². The van der Waals surface area contributed by atoms with E-state index in [1.54, 1.807) is 6.20 Å². The Morgan fingerprint density at radius 1 is 1.33 bits per heavy atom. The van der Waals surface area contributed by atoms with Crippen LogP contribution in [0.3, 0.4) is 0 Å². The molecule has 0 aliphatic carbocycles. The average molecular weight is 358 g/mol. The molecule has 1 amide bonds. The molecule has 0 radical (unpaired) electrons. The van der Waals surface area contributed by atoms with Gasteiger partial charge < -0.3 is 5.11 Å². The second-order valence-corrected chi connectivity index (χ2v) is 6.92. The molecule has 24 heavy (non-hydrogen) atoms. The molecule has 0 bridgehead atoms. The summed E-state index contributed by atoms with van der Waals surface area (Å²) in [7, 11) is 0. The van der Waals surface area contributed by atoms with Crippen LogP contribution in [0.25, 0.3) is 17.0 Å². The fourth-order valence-corrected chi connectivity index (χ4v) is 3.77. The topological polar surface area (TPSA) is 70.5 Å². The molecule has 5 nitrogen and oxygen atoms in total. The number of carbonyl (C=O) groups excluding carboxylic acids is 1. The molecule has 2 aromatic rings. The quantitative estimate of drug-likeness (QED) is 0.653. The highest BCUT2D eigenvalue weighted by molar-refractivity contribution is 8.26. The van der Waals surface area contributed by atoms with Crippen LogP contribution in [0, 0.1) is 0 Å². The molecule has 1 aromatic heterocycles. The number of rotatable bonds is 5. The Morgan fingerprint density at radius 2 is 2.12 bits per heavy atom. The van der Waals surface area contributed by atoms with Gasteiger partial charge >= 0.3 is 5.97 Å². The maximum absolute atomic E-state index is 12.5. The number of pyridine rings is 1. The Kier molecular flexibility index (Phi) is 4.92. The molecule has 1 saturated heterocycles. The number of carbonyl (C=O) groups is 2. The first kappa shape index (κ1) is 16.6. The number of aliphatic carboxylic acids is 1. The van der Waals surface area contributed by atoms with Crippen molar-refractivity contribution in [3.8, 4) is 0 Å². The highest BCUT2D eigenvalue weighted by Crippen LogP contribution is 2.33. The third-order valence-electron chi connectivity index (χ3n) is 3.62. The molecule has 122 valence electrons. The Balaban J connectivity index is 1.84. The molecule has 0 atom stereocenters. The second-order valence-electron chi connectivity index (χ2n) is 5.25. The van der Waals surface area contributed by atoms with Crippen molar-refractivity contribution in [2.24, 2.45) is 0 Å². The van der Waals surface area contributed by atoms with Gasteiger partial charge in [0.1, 0.15) is 4.32 Å². The number of nitrogens with zero attached hydrogens (tertiary/aromatic N) is 2. The summed E-state index contributed by atoms with van der Waals surface area (Å²) in [5, 5.41) is 9.68. The first-order chi connectivity index (χ1) is 11.6. The molecule has 1 aliphatic rings. The smallest absolute Gasteiger partial charge is 0.303 e. The van der Waals surface area contributed by atoms with E-state index < -0.39 is 5.97 Å². The zero-order chi connectivity index (χ0) is 17.1. The van der Waals surface area contributed by atoms with Crippen molar-refractivity contribution in [1.29, 1.82) is 0 Å². The minimum atomic E-state index is -0.876. The SMILES string of the molecule is O=C(O)CCCN1C(=O)C(=Cc2ccnc3ccccc23)SC1=S. The lowest BCUT2D eigenvalue weighted by Gasteiger charge is -2.13. The molecule has 1 fully saturated rings. The van der Waals surface area contributed by atoms with Crippen molar-refractivity contribution in [2.75, 3.05) is 6.54 Å². The molecule has 1 aromatic carbocycles. The number of aromatic nitrogens is 1. The second kappa shape index (κ2) is 7.11. The lowest BCUT2D eigenvalue weighted by atomic mass is 10.1. The Bertz CT molecular complexity index is 859. The Hall–Kier alpha value is -2.25. The minimum Gasteiger partial charge on any atom is -0.481 e. The number of hydrogen-bond acceptors (Lipinski definition) is 5. The standard InChI is InChI=1S/C17H14N2O3S2/c20-15(21)6-3-9-19-16(22)14(24-17(19)23)10-11-7-8-18-13-5-2-1-4-12(11)13/h1-2,4-5,7-8,10H,3,6,9H2,(H,20,21). The normalized spacial score (nSPS) is 16.3. The maximum atomic E-state index is 12.5. The molecule has 7 heteroatoms. The molecular formula is C17H14N2O3S2. The largest absolute Gasteiger partial charge is 0.481 e. The van der Waals surface area contributed by atoms with E-state index in [4.69, 9.17) is 17.3 Å². The summed E-state index contributed by atoms with van der Waals surface area (Å²) in [5.41, 5.74) is 1.77. The van der Waals surface area contributed by atoms with Gasteiger partial charge in [0.05, 0.1) is 10.4 Å². The maximum Gasteiger partial charge on any atom is 0.303 e. The van der Waals surface area contributed by atoms with Gasteiger partial charge in [-0.2, -0.15) is 0 Å². The molecule has 0 saturated carbocycles. The summed E-state index contributed by atoms with van der Waals surface area (Å²) in [6.45, 7) is 0.325. The van der Waals surface area contributed by atoms with Crippen LogP contribution >= 0.6 is 24.0 Å². The summed E-state index contributed by atoms with van der Waals surface area (Å²) >= 11 is 6.50. The summed E-state index contributed by atoms with van der Waals surface area (Å²) < 4.78 is 0.468. The van der Waals surface area contributed by atoms with Gasteiger partial charge in [-0.1, -0.05) is 42.2 Å². The van der Waals surface area contributed by atoms with Crippen molar-refractivity contribution < 1.29 is 14.7 Å². The number of hydrogen-bond donors (Lipinski definition) is 1. The summed E-state index contributed by atoms with van der Waals surface area (Å²) in [4.78, 5) is 29.5. The van der Waals surface area contributed by atoms with Gasteiger partial charge in [-0.25, -0.2) is 0 Å². The van der Waals surface area contributed by atoms with E-state index in [0.717, 1.165) is 16.5 Å². The fraction of sp³-hybridized carbons (Fsp3) is 0.176. The number of thiocarbonyl (C=S) groups is 1. The third kappa shape index (κ3) is 3.47. The average Bonchev–Trinajstić information content (AvgIpc) is 2.82. The number of para-hydroxylation sites is 1. The number of benzene rings is 1. The fourth-order valence-electron chi connectivity index (χ4n) is 2.47. The highest BCUT2D eigenvalue weighted by atomic mass is 32.2. The van der Waals surface area contributed by atoms with Gasteiger partial charge in [0.2, 0.25) is 0 Å². The van der Waals surface area contributed by atoms with Crippen LogP contribution in [-0.2, 0) is 9.59 Å². The van der Waals surface area contributed by atoms with Crippen LogP contribution in [0.2, 0.25) is 0 Å². The zero-order valence-corrected chi connectivity index (χ0v) is 14.3. The molecule has 1 N–H and O–H groups in total. The van der Waals surface area contributed by atoms with Crippen LogP contribution in [-0.4, -0.2) is 37.7 Å². The van der Waals surface area contributed by atoms with Crippen molar-refractivity contribution in [3.05, 3.63) is 47.0 Å². The summed E-state index contributed by atoms with van der Waals surface area (Å²) in [5.74, 6) is -1.05. The van der Waals surface area contributed by atoms with E-state index in [9.17, 15) is 9.59 Å². The molecular weight excluding hydrogens is 344 g/mol. The van der Waals surface area contributed by atoms with Crippen molar-refractivity contribution in [2.45, 2.75) is 12.8 Å². The van der Waals surface area contributed by atoms with Gasteiger partial charge in [-0.3, -0.25) is 19.5 Å². The van der Waals surface area contributed by atoms with Crippen LogP contribution in [0.1, 0.15) is 18.4 Å².